The summed E-state index contributed by atoms with van der Waals surface area (Å²) in [4.78, 5) is 26.0. The first-order valence-electron chi connectivity index (χ1n) is 10.5. The van der Waals surface area contributed by atoms with Crippen LogP contribution in [0.25, 0.3) is 0 Å². The number of hydrogen-bond donors (Lipinski definition) is 1. The molecule has 0 saturated carbocycles. The third kappa shape index (κ3) is 4.77. The van der Waals surface area contributed by atoms with E-state index in [4.69, 9.17) is 9.47 Å². The highest BCUT2D eigenvalue weighted by Gasteiger charge is 2.31. The zero-order valence-corrected chi connectivity index (χ0v) is 18.8. The molecule has 0 unspecified atom stereocenters. The van der Waals surface area contributed by atoms with E-state index < -0.39 is 5.97 Å². The molecule has 1 aliphatic heterocycles. The Kier molecular flexibility index (Phi) is 7.18. The number of cyclic esters (lactones) is 1. The van der Waals surface area contributed by atoms with Gasteiger partial charge in [0, 0.05) is 36.7 Å². The fraction of sp³-hybridized carbons (Fsp3) is 0.360. The number of nitrogens with zero attached hydrogens (tertiary/aromatic N) is 1. The van der Waals surface area contributed by atoms with Crippen LogP contribution in [0.1, 0.15) is 52.4 Å². The molecule has 3 rings (SSSR count). The molecule has 32 heavy (non-hydrogen) atoms. The van der Waals surface area contributed by atoms with Gasteiger partial charge in [-0.25, -0.2) is 9.18 Å². The highest BCUT2D eigenvalue weighted by molar-refractivity contribution is 5.98. The Morgan fingerprint density at radius 2 is 2.03 bits per heavy atom. The van der Waals surface area contributed by atoms with Gasteiger partial charge in [-0.3, -0.25) is 4.79 Å². The van der Waals surface area contributed by atoms with Gasteiger partial charge in [0.15, 0.2) is 0 Å². The number of phenolic OH excluding ortho intramolecular Hbond substituents is 1. The predicted octanol–water partition coefficient (Wildman–Crippen LogP) is 4.45. The first-order valence-corrected chi connectivity index (χ1v) is 10.5. The lowest BCUT2D eigenvalue weighted by Crippen LogP contribution is -2.26. The zero-order chi connectivity index (χ0) is 23.4. The first kappa shape index (κ1) is 23.3. The molecule has 0 bridgehead atoms. The maximum Gasteiger partial charge on any atom is 0.342 e. The van der Waals surface area contributed by atoms with Crippen molar-refractivity contribution < 1.29 is 28.6 Å². The number of carbonyl (C=O) groups excluding carboxylic acids is 2. The van der Waals surface area contributed by atoms with E-state index in [2.05, 4.69) is 0 Å². The minimum absolute atomic E-state index is 0.0856. The summed E-state index contributed by atoms with van der Waals surface area (Å²) in [5.74, 6) is -0.532. The van der Waals surface area contributed by atoms with Crippen LogP contribution >= 0.6 is 0 Å². The average molecular weight is 441 g/mol. The molecule has 0 saturated heterocycles. The van der Waals surface area contributed by atoms with Gasteiger partial charge in [-0.1, -0.05) is 29.8 Å². The summed E-state index contributed by atoms with van der Waals surface area (Å²) in [5.41, 5.74) is 3.58. The Balaban J connectivity index is 1.66. The SMILES string of the molecule is COc1c(C)c2c(c(O)c1C/C=C(\C)CCC(=O)N(C)Cc1ccccc1F)C(=O)OC2. The molecule has 0 atom stereocenters. The van der Waals surface area contributed by atoms with Crippen LogP contribution in [0.2, 0.25) is 0 Å². The van der Waals surface area contributed by atoms with E-state index in [1.807, 2.05) is 19.9 Å². The predicted molar refractivity (Wildman–Crippen MR) is 118 cm³/mol. The van der Waals surface area contributed by atoms with Crippen molar-refractivity contribution in [1.82, 2.24) is 4.90 Å². The molecule has 1 amide bonds. The third-order valence-corrected chi connectivity index (χ3v) is 5.83. The van der Waals surface area contributed by atoms with Crippen LogP contribution in [-0.2, 0) is 29.1 Å². The molecule has 0 aromatic heterocycles. The molecule has 0 radical (unpaired) electrons. The lowest BCUT2D eigenvalue weighted by molar-refractivity contribution is -0.130. The van der Waals surface area contributed by atoms with E-state index in [1.165, 1.54) is 18.1 Å². The number of phenols is 1. The molecule has 2 aromatic rings. The van der Waals surface area contributed by atoms with Gasteiger partial charge >= 0.3 is 5.97 Å². The van der Waals surface area contributed by atoms with Crippen LogP contribution in [0.3, 0.4) is 0 Å². The molecule has 1 heterocycles. The lowest BCUT2D eigenvalue weighted by Gasteiger charge is -2.18. The fourth-order valence-corrected chi connectivity index (χ4v) is 3.87. The number of ether oxygens (including phenoxy) is 2. The second-order valence-electron chi connectivity index (χ2n) is 8.01. The Morgan fingerprint density at radius 3 is 2.72 bits per heavy atom. The number of benzene rings is 2. The molecule has 0 fully saturated rings. The number of methoxy groups -OCH3 is 1. The zero-order valence-electron chi connectivity index (χ0n) is 18.8. The molecule has 7 heteroatoms. The Hall–Kier alpha value is -3.35. The van der Waals surface area contributed by atoms with Crippen molar-refractivity contribution in [3.8, 4) is 11.5 Å². The quantitative estimate of drug-likeness (QED) is 0.484. The normalized spacial score (nSPS) is 13.0. The van der Waals surface area contributed by atoms with Crippen LogP contribution in [0, 0.1) is 12.7 Å². The topological polar surface area (TPSA) is 76.1 Å². The summed E-state index contributed by atoms with van der Waals surface area (Å²) in [5, 5.41) is 10.7. The van der Waals surface area contributed by atoms with Crippen LogP contribution < -0.4 is 4.74 Å². The largest absolute Gasteiger partial charge is 0.507 e. The maximum atomic E-state index is 13.8. The van der Waals surface area contributed by atoms with E-state index >= 15 is 0 Å². The van der Waals surface area contributed by atoms with E-state index in [0.717, 1.165) is 11.1 Å². The third-order valence-electron chi connectivity index (χ3n) is 5.83. The molecule has 1 N–H and O–H groups in total. The smallest absolute Gasteiger partial charge is 0.342 e. The summed E-state index contributed by atoms with van der Waals surface area (Å²) in [6, 6.07) is 6.41. The lowest BCUT2D eigenvalue weighted by atomic mass is 9.94. The Labute approximate surface area is 187 Å². The van der Waals surface area contributed by atoms with Gasteiger partial charge in [-0.15, -0.1) is 0 Å². The number of aromatic hydroxyl groups is 1. The summed E-state index contributed by atoms with van der Waals surface area (Å²) in [6.07, 6.45) is 3.07. The van der Waals surface area contributed by atoms with E-state index in [0.29, 0.717) is 35.3 Å². The van der Waals surface area contributed by atoms with Gasteiger partial charge < -0.3 is 19.5 Å². The van der Waals surface area contributed by atoms with Crippen molar-refractivity contribution in [2.45, 2.75) is 46.3 Å². The summed E-state index contributed by atoms with van der Waals surface area (Å²) in [6.45, 7) is 4.08. The number of allylic oxidation sites excluding steroid dienone is 2. The molecule has 2 aromatic carbocycles. The van der Waals surface area contributed by atoms with Crippen LogP contribution in [0.15, 0.2) is 35.9 Å². The van der Waals surface area contributed by atoms with Crippen molar-refractivity contribution in [2.24, 2.45) is 0 Å². The molecule has 0 aliphatic carbocycles. The summed E-state index contributed by atoms with van der Waals surface area (Å²) in [7, 11) is 3.18. The highest BCUT2D eigenvalue weighted by Crippen LogP contribution is 2.42. The van der Waals surface area contributed by atoms with Gasteiger partial charge in [-0.2, -0.15) is 0 Å². The van der Waals surface area contributed by atoms with Crippen molar-refractivity contribution in [3.05, 3.63) is 69.5 Å². The molecule has 1 aliphatic rings. The minimum atomic E-state index is -0.534. The molecule has 170 valence electrons. The van der Waals surface area contributed by atoms with Crippen molar-refractivity contribution in [3.63, 3.8) is 0 Å². The Morgan fingerprint density at radius 1 is 1.31 bits per heavy atom. The standard InChI is InChI=1S/C25H28FNO5/c1-15(10-12-21(28)27(3)13-17-7-5-6-8-20(17)26)9-11-18-23(29)22-19(14-32-25(22)30)16(2)24(18)31-4/h5-9,29H,10-14H2,1-4H3/b15-9+. The number of hydrogen-bond acceptors (Lipinski definition) is 5. The fourth-order valence-electron chi connectivity index (χ4n) is 3.87. The number of rotatable bonds is 8. The molecule has 6 nitrogen and oxygen atoms in total. The van der Waals surface area contributed by atoms with Crippen LogP contribution in [0.4, 0.5) is 4.39 Å². The molecular weight excluding hydrogens is 413 g/mol. The van der Waals surface area contributed by atoms with E-state index in [1.54, 1.807) is 25.2 Å². The second kappa shape index (κ2) is 9.85. The number of halogens is 1. The number of fused-ring (bicyclic) bond motifs is 1. The van der Waals surface area contributed by atoms with Crippen LogP contribution in [-0.4, -0.2) is 36.0 Å². The summed E-state index contributed by atoms with van der Waals surface area (Å²) < 4.78 is 24.4. The van der Waals surface area contributed by atoms with Crippen molar-refractivity contribution in [2.75, 3.05) is 14.2 Å². The van der Waals surface area contributed by atoms with Gasteiger partial charge in [0.2, 0.25) is 5.91 Å². The second-order valence-corrected chi connectivity index (χ2v) is 8.01. The first-order chi connectivity index (χ1) is 15.2. The molecule has 0 spiro atoms. The maximum absolute atomic E-state index is 13.8. The van der Waals surface area contributed by atoms with E-state index in [9.17, 15) is 19.1 Å². The minimum Gasteiger partial charge on any atom is -0.507 e. The van der Waals surface area contributed by atoms with Crippen molar-refractivity contribution >= 4 is 11.9 Å². The number of amides is 1. The van der Waals surface area contributed by atoms with Gasteiger partial charge in [-0.05, 0) is 38.3 Å². The van der Waals surface area contributed by atoms with Crippen molar-refractivity contribution in [1.29, 1.82) is 0 Å². The van der Waals surface area contributed by atoms with Crippen LogP contribution in [0.5, 0.6) is 11.5 Å². The monoisotopic (exact) mass is 441 g/mol. The van der Waals surface area contributed by atoms with Gasteiger partial charge in [0.05, 0.1) is 7.11 Å². The number of esters is 1. The Bertz CT molecular complexity index is 1080. The van der Waals surface area contributed by atoms with Gasteiger partial charge in [0.1, 0.15) is 29.5 Å². The number of carbonyl (C=O) groups is 2. The van der Waals surface area contributed by atoms with E-state index in [-0.39, 0.29) is 42.6 Å². The highest BCUT2D eigenvalue weighted by atomic mass is 19.1. The average Bonchev–Trinajstić information content (AvgIpc) is 3.17. The van der Waals surface area contributed by atoms with Gasteiger partial charge in [0.25, 0.3) is 0 Å². The molecular formula is C25H28FNO5. The summed E-state index contributed by atoms with van der Waals surface area (Å²) >= 11 is 0.